The zero-order valence-corrected chi connectivity index (χ0v) is 20.9. The quantitative estimate of drug-likeness (QED) is 0.222. The Morgan fingerprint density at radius 2 is 1.89 bits per heavy atom. The molecule has 3 heterocycles. The molecule has 1 saturated heterocycles. The fraction of sp³-hybridized carbons (Fsp3) is 0.480. The topological polar surface area (TPSA) is 114 Å². The lowest BCUT2D eigenvalue weighted by atomic mass is 10.1. The van der Waals surface area contributed by atoms with E-state index in [0.29, 0.717) is 40.5 Å². The maximum Gasteiger partial charge on any atom is 0.227 e. The number of nitrogens with zero attached hydrogens (tertiary/aromatic N) is 4. The van der Waals surface area contributed by atoms with Gasteiger partial charge < -0.3 is 26.0 Å². The van der Waals surface area contributed by atoms with Crippen molar-refractivity contribution in [1.29, 1.82) is 0 Å². The van der Waals surface area contributed by atoms with Gasteiger partial charge in [-0.2, -0.15) is 15.1 Å². The molecule has 5 N–H and O–H groups in total. The summed E-state index contributed by atoms with van der Waals surface area (Å²) in [5.74, 6) is 2.01. The number of H-pyrrole nitrogens is 1. The van der Waals surface area contributed by atoms with Crippen LogP contribution in [0.3, 0.4) is 0 Å². The first-order valence-corrected chi connectivity index (χ1v) is 13.0. The molecule has 0 unspecified atom stereocenters. The van der Waals surface area contributed by atoms with Crippen LogP contribution in [0.25, 0.3) is 0 Å². The van der Waals surface area contributed by atoms with Crippen molar-refractivity contribution in [3.63, 3.8) is 0 Å². The van der Waals surface area contributed by atoms with Crippen LogP contribution in [-0.2, 0) is 0 Å². The van der Waals surface area contributed by atoms with E-state index in [-0.39, 0.29) is 18.4 Å². The van der Waals surface area contributed by atoms with Gasteiger partial charge in [0, 0.05) is 24.2 Å². The lowest BCUT2D eigenvalue weighted by Gasteiger charge is -2.19. The average molecular weight is 515 g/mol. The van der Waals surface area contributed by atoms with Gasteiger partial charge in [0.25, 0.3) is 0 Å². The van der Waals surface area contributed by atoms with Gasteiger partial charge in [0.1, 0.15) is 10.8 Å². The van der Waals surface area contributed by atoms with Crippen LogP contribution in [0, 0.1) is 5.82 Å². The second kappa shape index (κ2) is 11.4. The molecule has 1 saturated carbocycles. The summed E-state index contributed by atoms with van der Waals surface area (Å²) in [4.78, 5) is 11.6. The Kier molecular flexibility index (Phi) is 7.84. The van der Waals surface area contributed by atoms with Gasteiger partial charge in [-0.3, -0.25) is 5.10 Å². The van der Waals surface area contributed by atoms with Gasteiger partial charge in [-0.25, -0.2) is 4.39 Å². The highest BCUT2D eigenvalue weighted by Crippen LogP contribution is 2.40. The fourth-order valence-corrected chi connectivity index (χ4v) is 4.64. The van der Waals surface area contributed by atoms with Crippen molar-refractivity contribution in [2.24, 2.45) is 0 Å². The van der Waals surface area contributed by atoms with Gasteiger partial charge in [0.15, 0.2) is 17.5 Å². The number of nitrogens with one attached hydrogen (secondary N) is 4. The minimum Gasteiger partial charge on any atom is -0.394 e. The van der Waals surface area contributed by atoms with Crippen LogP contribution in [0.15, 0.2) is 30.3 Å². The predicted molar refractivity (Wildman–Crippen MR) is 140 cm³/mol. The molecule has 192 valence electrons. The van der Waals surface area contributed by atoms with Crippen LogP contribution in [0.4, 0.5) is 27.8 Å². The molecule has 2 fully saturated rings. The second-order valence-corrected chi connectivity index (χ2v) is 9.80. The lowest BCUT2D eigenvalue weighted by molar-refractivity contribution is 0.276. The SMILES string of the molecule is OC[C@H](Nc1nc(NCCCN2CCCC2)c(Cl)c(Nc2cc(C3CC3)[nH]n2)n1)c1ccc(F)cc1. The maximum atomic E-state index is 13.4. The average Bonchev–Trinajstić information content (AvgIpc) is 3.40. The van der Waals surface area contributed by atoms with Gasteiger partial charge in [-0.1, -0.05) is 23.7 Å². The highest BCUT2D eigenvalue weighted by molar-refractivity contribution is 6.35. The molecule has 2 aromatic heterocycles. The van der Waals surface area contributed by atoms with Gasteiger partial charge in [-0.05, 0) is 69.4 Å². The molecule has 0 bridgehead atoms. The van der Waals surface area contributed by atoms with E-state index < -0.39 is 6.04 Å². The molecule has 2 aliphatic rings. The van der Waals surface area contributed by atoms with Gasteiger partial charge >= 0.3 is 0 Å². The first-order valence-electron chi connectivity index (χ1n) is 12.6. The molecular weight excluding hydrogens is 483 g/mol. The summed E-state index contributed by atoms with van der Waals surface area (Å²) in [5, 5.41) is 27.5. The molecule has 9 nitrogen and oxygen atoms in total. The Labute approximate surface area is 214 Å². The number of rotatable bonds is 12. The van der Waals surface area contributed by atoms with E-state index in [9.17, 15) is 9.50 Å². The van der Waals surface area contributed by atoms with Crippen LogP contribution in [-0.4, -0.2) is 63.0 Å². The number of aliphatic hydroxyl groups excluding tert-OH is 1. The number of aromatic nitrogens is 4. The van der Waals surface area contributed by atoms with Gasteiger partial charge in [0.05, 0.1) is 12.6 Å². The number of anilines is 4. The minimum absolute atomic E-state index is 0.219. The predicted octanol–water partition coefficient (Wildman–Crippen LogP) is 4.66. The molecule has 36 heavy (non-hydrogen) atoms. The zero-order valence-electron chi connectivity index (χ0n) is 20.1. The fourth-order valence-electron chi connectivity index (χ4n) is 4.44. The Morgan fingerprint density at radius 3 is 2.61 bits per heavy atom. The normalized spacial score (nSPS) is 16.8. The Hall–Kier alpha value is -2.95. The van der Waals surface area contributed by atoms with Crippen LogP contribution in [0.5, 0.6) is 0 Å². The molecule has 0 amide bonds. The van der Waals surface area contributed by atoms with Crippen molar-refractivity contribution in [3.05, 3.63) is 52.4 Å². The Morgan fingerprint density at radius 1 is 1.14 bits per heavy atom. The summed E-state index contributed by atoms with van der Waals surface area (Å²) < 4.78 is 13.4. The third-order valence-corrected chi connectivity index (χ3v) is 6.97. The summed E-state index contributed by atoms with van der Waals surface area (Å²) in [6.07, 6.45) is 5.84. The van der Waals surface area contributed by atoms with E-state index in [4.69, 9.17) is 11.6 Å². The molecule has 1 aliphatic carbocycles. The molecule has 1 aliphatic heterocycles. The van der Waals surface area contributed by atoms with Crippen LogP contribution >= 0.6 is 11.6 Å². The van der Waals surface area contributed by atoms with Crippen molar-refractivity contribution in [1.82, 2.24) is 25.1 Å². The molecule has 5 rings (SSSR count). The van der Waals surface area contributed by atoms with Crippen molar-refractivity contribution in [3.8, 4) is 0 Å². The first-order chi connectivity index (χ1) is 17.6. The monoisotopic (exact) mass is 514 g/mol. The Bertz CT molecular complexity index is 1150. The van der Waals surface area contributed by atoms with E-state index in [0.717, 1.165) is 31.7 Å². The number of hydrogen-bond donors (Lipinski definition) is 5. The summed E-state index contributed by atoms with van der Waals surface area (Å²) >= 11 is 6.71. The molecule has 3 aromatic rings. The molecule has 0 spiro atoms. The van der Waals surface area contributed by atoms with Crippen molar-refractivity contribution < 1.29 is 9.50 Å². The van der Waals surface area contributed by atoms with Crippen LogP contribution < -0.4 is 16.0 Å². The van der Waals surface area contributed by atoms with Crippen molar-refractivity contribution in [2.75, 3.05) is 48.7 Å². The van der Waals surface area contributed by atoms with Crippen LogP contribution in [0.1, 0.15) is 55.3 Å². The number of aliphatic hydroxyl groups is 1. The first kappa shape index (κ1) is 24.7. The van der Waals surface area contributed by atoms with E-state index in [2.05, 4.69) is 41.0 Å². The van der Waals surface area contributed by atoms with Crippen molar-refractivity contribution in [2.45, 2.75) is 44.1 Å². The van der Waals surface area contributed by atoms with E-state index in [1.54, 1.807) is 12.1 Å². The zero-order chi connectivity index (χ0) is 24.9. The molecule has 0 radical (unpaired) electrons. The number of halogens is 2. The molecular formula is C25H32ClFN8O. The molecule has 1 aromatic carbocycles. The smallest absolute Gasteiger partial charge is 0.227 e. The third kappa shape index (κ3) is 6.24. The van der Waals surface area contributed by atoms with E-state index in [1.165, 1.54) is 37.8 Å². The standard InChI is InChI=1S/C25H32ClFN8O/c26-22-23(28-10-3-13-35-11-1-2-12-35)31-25(29-20(15-36)17-6-8-18(27)9-7-17)32-24(22)30-21-14-19(33-34-21)16-4-5-16/h6-9,14,16,20,36H,1-5,10-13,15H2,(H4,28,29,30,31,32,33,34)/t20-/m0/s1. The van der Waals surface area contributed by atoms with Crippen molar-refractivity contribution >= 4 is 35.0 Å². The summed E-state index contributed by atoms with van der Waals surface area (Å²) in [5.41, 5.74) is 1.81. The number of likely N-dealkylation sites (tertiary alicyclic amines) is 1. The van der Waals surface area contributed by atoms with Gasteiger partial charge in [-0.15, -0.1) is 0 Å². The third-order valence-electron chi connectivity index (χ3n) is 6.61. The number of aromatic amines is 1. The number of hydrogen-bond acceptors (Lipinski definition) is 8. The van der Waals surface area contributed by atoms with E-state index >= 15 is 0 Å². The van der Waals surface area contributed by atoms with Gasteiger partial charge in [0.2, 0.25) is 5.95 Å². The number of benzene rings is 1. The Balaban J connectivity index is 1.34. The summed E-state index contributed by atoms with van der Waals surface area (Å²) in [6, 6.07) is 7.42. The van der Waals surface area contributed by atoms with E-state index in [1.807, 2.05) is 6.07 Å². The lowest BCUT2D eigenvalue weighted by Crippen LogP contribution is -2.22. The highest BCUT2D eigenvalue weighted by Gasteiger charge is 2.26. The largest absolute Gasteiger partial charge is 0.394 e. The molecule has 11 heteroatoms. The summed E-state index contributed by atoms with van der Waals surface area (Å²) in [7, 11) is 0. The maximum absolute atomic E-state index is 13.4. The highest BCUT2D eigenvalue weighted by atomic mass is 35.5. The van der Waals surface area contributed by atoms with Crippen LogP contribution in [0.2, 0.25) is 5.02 Å². The summed E-state index contributed by atoms with van der Waals surface area (Å²) in [6.45, 7) is 3.84. The second-order valence-electron chi connectivity index (χ2n) is 9.43. The molecule has 1 atom stereocenters. The minimum atomic E-state index is -0.519.